The highest BCUT2D eigenvalue weighted by Gasteiger charge is 2.15. The molecule has 0 spiro atoms. The molecule has 13 heavy (non-hydrogen) atoms. The van der Waals surface area contributed by atoms with Crippen LogP contribution in [0.15, 0.2) is 0 Å². The standard InChI is InChI=1S/C10H16N2O/c1-6(2)9-10(7(3)4)12-8(5-13)11-9/h5-7H,1-4H3,(H,11,12). The Morgan fingerprint density at radius 2 is 1.85 bits per heavy atom. The van der Waals surface area contributed by atoms with E-state index in [0.717, 1.165) is 17.7 Å². The molecule has 3 nitrogen and oxygen atoms in total. The van der Waals surface area contributed by atoms with Crippen molar-refractivity contribution in [1.82, 2.24) is 9.97 Å². The first-order valence-corrected chi connectivity index (χ1v) is 4.61. The molecule has 0 radical (unpaired) electrons. The summed E-state index contributed by atoms with van der Waals surface area (Å²) in [4.78, 5) is 17.8. The van der Waals surface area contributed by atoms with Crippen LogP contribution < -0.4 is 0 Å². The third-order valence-electron chi connectivity index (χ3n) is 2.02. The van der Waals surface area contributed by atoms with E-state index in [-0.39, 0.29) is 0 Å². The van der Waals surface area contributed by atoms with Gasteiger partial charge in [0.15, 0.2) is 12.1 Å². The van der Waals surface area contributed by atoms with Crippen LogP contribution in [0.5, 0.6) is 0 Å². The van der Waals surface area contributed by atoms with Crippen molar-refractivity contribution < 1.29 is 4.79 Å². The smallest absolute Gasteiger partial charge is 0.185 e. The molecule has 1 aromatic heterocycles. The van der Waals surface area contributed by atoms with Crippen molar-refractivity contribution >= 4 is 6.29 Å². The van der Waals surface area contributed by atoms with Gasteiger partial charge in [0.25, 0.3) is 0 Å². The molecule has 3 heteroatoms. The maximum absolute atomic E-state index is 10.5. The van der Waals surface area contributed by atoms with Gasteiger partial charge in [0, 0.05) is 5.69 Å². The third-order valence-corrected chi connectivity index (χ3v) is 2.02. The molecule has 1 aromatic rings. The molecular formula is C10H16N2O. The van der Waals surface area contributed by atoms with Gasteiger partial charge in [0.1, 0.15) is 0 Å². The van der Waals surface area contributed by atoms with Crippen molar-refractivity contribution in [2.75, 3.05) is 0 Å². The second-order valence-corrected chi connectivity index (χ2v) is 3.85. The van der Waals surface area contributed by atoms with Crippen molar-refractivity contribution in [3.05, 3.63) is 17.2 Å². The first-order valence-electron chi connectivity index (χ1n) is 4.61. The summed E-state index contributed by atoms with van der Waals surface area (Å²) in [6.07, 6.45) is 0.762. The first kappa shape index (κ1) is 9.96. The molecule has 0 fully saturated rings. The lowest BCUT2D eigenvalue weighted by Crippen LogP contribution is -1.96. The number of rotatable bonds is 3. The van der Waals surface area contributed by atoms with Gasteiger partial charge in [-0.05, 0) is 11.8 Å². The van der Waals surface area contributed by atoms with Gasteiger partial charge in [0.05, 0.1) is 5.69 Å². The average molecular weight is 180 g/mol. The van der Waals surface area contributed by atoms with E-state index in [9.17, 15) is 4.79 Å². The Bertz CT molecular complexity index is 274. The highest BCUT2D eigenvalue weighted by Crippen LogP contribution is 2.23. The number of nitrogens with zero attached hydrogens (tertiary/aromatic N) is 1. The molecule has 0 aliphatic heterocycles. The second-order valence-electron chi connectivity index (χ2n) is 3.85. The van der Waals surface area contributed by atoms with E-state index in [1.165, 1.54) is 0 Å². The Morgan fingerprint density at radius 3 is 2.15 bits per heavy atom. The molecule has 0 aliphatic rings. The molecule has 0 aromatic carbocycles. The molecule has 72 valence electrons. The predicted molar refractivity (Wildman–Crippen MR) is 52.2 cm³/mol. The van der Waals surface area contributed by atoms with Crippen LogP contribution in [0, 0.1) is 0 Å². The van der Waals surface area contributed by atoms with Gasteiger partial charge in [-0.2, -0.15) is 0 Å². The fourth-order valence-corrected chi connectivity index (χ4v) is 1.36. The largest absolute Gasteiger partial charge is 0.339 e. The monoisotopic (exact) mass is 180 g/mol. The molecule has 0 aliphatic carbocycles. The van der Waals surface area contributed by atoms with Gasteiger partial charge >= 0.3 is 0 Å². The van der Waals surface area contributed by atoms with E-state index in [2.05, 4.69) is 37.7 Å². The molecule has 0 saturated heterocycles. The highest BCUT2D eigenvalue weighted by molar-refractivity contribution is 5.69. The van der Waals surface area contributed by atoms with Gasteiger partial charge in [-0.1, -0.05) is 27.7 Å². The van der Waals surface area contributed by atoms with Gasteiger partial charge in [-0.3, -0.25) is 4.79 Å². The first-order chi connectivity index (χ1) is 6.06. The van der Waals surface area contributed by atoms with Gasteiger partial charge in [-0.15, -0.1) is 0 Å². The van der Waals surface area contributed by atoms with Crippen molar-refractivity contribution in [2.45, 2.75) is 39.5 Å². The number of aldehydes is 1. The number of aromatic amines is 1. The zero-order valence-electron chi connectivity index (χ0n) is 8.59. The zero-order chi connectivity index (χ0) is 10.0. The number of hydrogen-bond acceptors (Lipinski definition) is 2. The van der Waals surface area contributed by atoms with Crippen molar-refractivity contribution in [3.63, 3.8) is 0 Å². The van der Waals surface area contributed by atoms with E-state index in [1.807, 2.05) is 0 Å². The fraction of sp³-hybridized carbons (Fsp3) is 0.600. The SMILES string of the molecule is CC(C)c1nc(C=O)[nH]c1C(C)C. The zero-order valence-corrected chi connectivity index (χ0v) is 8.59. The van der Waals surface area contributed by atoms with Crippen LogP contribution >= 0.6 is 0 Å². The lowest BCUT2D eigenvalue weighted by molar-refractivity contribution is 0.111. The number of aromatic nitrogens is 2. The maximum atomic E-state index is 10.5. The minimum atomic E-state index is 0.363. The Balaban J connectivity index is 3.15. The maximum Gasteiger partial charge on any atom is 0.185 e. The summed E-state index contributed by atoms with van der Waals surface area (Å²) in [6.45, 7) is 8.34. The van der Waals surface area contributed by atoms with E-state index in [4.69, 9.17) is 0 Å². The average Bonchev–Trinajstić information content (AvgIpc) is 2.47. The van der Waals surface area contributed by atoms with Crippen LogP contribution in [-0.2, 0) is 0 Å². The quantitative estimate of drug-likeness (QED) is 0.726. The number of imidazole rings is 1. The summed E-state index contributed by atoms with van der Waals surface area (Å²) in [7, 11) is 0. The minimum Gasteiger partial charge on any atom is -0.339 e. The topological polar surface area (TPSA) is 45.8 Å². The second kappa shape index (κ2) is 3.73. The third kappa shape index (κ3) is 1.97. The van der Waals surface area contributed by atoms with Crippen LogP contribution in [-0.4, -0.2) is 16.3 Å². The Kier molecular flexibility index (Phi) is 2.86. The molecule has 0 amide bonds. The van der Waals surface area contributed by atoms with Crippen molar-refractivity contribution in [3.8, 4) is 0 Å². The van der Waals surface area contributed by atoms with Gasteiger partial charge in [0.2, 0.25) is 0 Å². The fourth-order valence-electron chi connectivity index (χ4n) is 1.36. The molecule has 0 bridgehead atoms. The Hall–Kier alpha value is -1.12. The van der Waals surface area contributed by atoms with Gasteiger partial charge in [-0.25, -0.2) is 4.98 Å². The molecule has 1 rings (SSSR count). The van der Waals surface area contributed by atoms with Crippen molar-refractivity contribution in [2.24, 2.45) is 0 Å². The number of H-pyrrole nitrogens is 1. The summed E-state index contributed by atoms with van der Waals surface area (Å²) in [5.74, 6) is 1.19. The lowest BCUT2D eigenvalue weighted by atomic mass is 10.0. The minimum absolute atomic E-state index is 0.363. The van der Waals surface area contributed by atoms with E-state index in [0.29, 0.717) is 17.7 Å². The van der Waals surface area contributed by atoms with Crippen LogP contribution in [0.25, 0.3) is 0 Å². The lowest BCUT2D eigenvalue weighted by Gasteiger charge is -2.07. The summed E-state index contributed by atoms with van der Waals surface area (Å²) < 4.78 is 0. The molecule has 0 saturated carbocycles. The van der Waals surface area contributed by atoms with Crippen LogP contribution in [0.2, 0.25) is 0 Å². The summed E-state index contributed by atoms with van der Waals surface area (Å²) in [5.41, 5.74) is 2.09. The van der Waals surface area contributed by atoms with E-state index in [1.54, 1.807) is 0 Å². The van der Waals surface area contributed by atoms with E-state index < -0.39 is 0 Å². The van der Waals surface area contributed by atoms with E-state index >= 15 is 0 Å². The van der Waals surface area contributed by atoms with Gasteiger partial charge < -0.3 is 4.98 Å². The number of hydrogen-bond donors (Lipinski definition) is 1. The Morgan fingerprint density at radius 1 is 1.23 bits per heavy atom. The van der Waals surface area contributed by atoms with Crippen LogP contribution in [0.1, 0.15) is 61.5 Å². The van der Waals surface area contributed by atoms with Crippen molar-refractivity contribution in [1.29, 1.82) is 0 Å². The number of carbonyl (C=O) groups excluding carboxylic acids is 1. The normalized spacial score (nSPS) is 11.2. The highest BCUT2D eigenvalue weighted by atomic mass is 16.1. The molecular weight excluding hydrogens is 164 g/mol. The molecule has 0 atom stereocenters. The summed E-state index contributed by atoms with van der Waals surface area (Å²) >= 11 is 0. The number of carbonyl (C=O) groups is 1. The van der Waals surface area contributed by atoms with Crippen LogP contribution in [0.4, 0.5) is 0 Å². The molecule has 1 heterocycles. The number of nitrogens with one attached hydrogen (secondary N) is 1. The molecule has 0 unspecified atom stereocenters. The summed E-state index contributed by atoms with van der Waals surface area (Å²) in [6, 6.07) is 0. The summed E-state index contributed by atoms with van der Waals surface area (Å²) in [5, 5.41) is 0. The van der Waals surface area contributed by atoms with Crippen LogP contribution in [0.3, 0.4) is 0 Å². The Labute approximate surface area is 78.6 Å². The molecule has 1 N–H and O–H groups in total. The predicted octanol–water partition coefficient (Wildman–Crippen LogP) is 2.47.